The van der Waals surface area contributed by atoms with Crippen LogP contribution >= 0.6 is 0 Å². The molecule has 2 aliphatic rings. The van der Waals surface area contributed by atoms with E-state index in [4.69, 9.17) is 4.42 Å². The third kappa shape index (κ3) is 6.84. The number of hydrogen-bond donors (Lipinski definition) is 2. The Bertz CT molecular complexity index is 1050. The van der Waals surface area contributed by atoms with Crippen LogP contribution < -0.4 is 4.90 Å². The fourth-order valence-corrected chi connectivity index (χ4v) is 6.24. The number of carboxylic acid groups (broad SMARTS) is 2. The second kappa shape index (κ2) is 12.6. The molecule has 1 aromatic heterocycles. The Morgan fingerprint density at radius 3 is 2.24 bits per heavy atom. The van der Waals surface area contributed by atoms with Gasteiger partial charge in [0, 0.05) is 24.8 Å². The van der Waals surface area contributed by atoms with E-state index in [1.165, 1.54) is 12.7 Å². The van der Waals surface area contributed by atoms with E-state index in [1.54, 1.807) is 12.1 Å². The van der Waals surface area contributed by atoms with Gasteiger partial charge in [-0.1, -0.05) is 37.0 Å². The predicted molar refractivity (Wildman–Crippen MR) is 144 cm³/mol. The van der Waals surface area contributed by atoms with Crippen LogP contribution in [0.1, 0.15) is 80.3 Å². The molecule has 1 saturated carbocycles. The summed E-state index contributed by atoms with van der Waals surface area (Å²) >= 11 is 0. The first kappa shape index (κ1) is 27.9. The van der Waals surface area contributed by atoms with Crippen LogP contribution in [0.15, 0.2) is 47.1 Å². The third-order valence-electron chi connectivity index (χ3n) is 8.62. The monoisotopic (exact) mass is 524 g/mol. The number of rotatable bonds is 11. The summed E-state index contributed by atoms with van der Waals surface area (Å²) in [6.07, 6.45) is 10.5. The maximum absolute atomic E-state index is 13.4. The third-order valence-corrected chi connectivity index (χ3v) is 8.62. The van der Waals surface area contributed by atoms with Crippen LogP contribution in [0.25, 0.3) is 0 Å². The highest BCUT2D eigenvalue weighted by Crippen LogP contribution is 2.44. The van der Waals surface area contributed by atoms with Crippen molar-refractivity contribution in [3.63, 3.8) is 0 Å². The molecule has 206 valence electrons. The van der Waals surface area contributed by atoms with Gasteiger partial charge in [-0.15, -0.1) is 0 Å². The highest BCUT2D eigenvalue weighted by Gasteiger charge is 2.37. The molecule has 2 fully saturated rings. The lowest BCUT2D eigenvalue weighted by molar-refractivity contribution is -0.155. The number of aryl methyl sites for hydroxylation is 1. The zero-order valence-corrected chi connectivity index (χ0v) is 22.3. The molecule has 2 heterocycles. The average molecular weight is 525 g/mol. The van der Waals surface area contributed by atoms with E-state index in [1.807, 2.05) is 36.1 Å². The van der Waals surface area contributed by atoms with Gasteiger partial charge in [0.2, 0.25) is 0 Å². The largest absolute Gasteiger partial charge is 0.481 e. The molecule has 4 rings (SSSR count). The average Bonchev–Trinajstić information content (AvgIpc) is 3.45. The first-order valence-electron chi connectivity index (χ1n) is 13.9. The Labute approximate surface area is 224 Å². The molecular weight excluding hydrogens is 484 g/mol. The minimum absolute atomic E-state index is 0.0153. The summed E-state index contributed by atoms with van der Waals surface area (Å²) in [6.45, 7) is 4.70. The number of aliphatic carboxylic acids is 2. The van der Waals surface area contributed by atoms with Crippen LogP contribution in [0.2, 0.25) is 0 Å². The summed E-state index contributed by atoms with van der Waals surface area (Å²) in [5.74, 6) is -3.59. The lowest BCUT2D eigenvalue weighted by atomic mass is 9.68. The molecule has 0 atom stereocenters. The quantitative estimate of drug-likeness (QED) is 0.368. The molecule has 1 aliphatic carbocycles. The van der Waals surface area contributed by atoms with Crippen molar-refractivity contribution >= 4 is 23.5 Å². The number of anilines is 1. The van der Waals surface area contributed by atoms with Crippen molar-refractivity contribution in [3.05, 3.63) is 54.0 Å². The topological polar surface area (TPSA) is 111 Å². The number of benzene rings is 1. The van der Waals surface area contributed by atoms with Crippen LogP contribution in [0.5, 0.6) is 0 Å². The van der Waals surface area contributed by atoms with Gasteiger partial charge in [0.15, 0.2) is 11.7 Å². The number of piperidine rings is 1. The second-order valence-corrected chi connectivity index (χ2v) is 11.1. The molecule has 0 spiro atoms. The van der Waals surface area contributed by atoms with Gasteiger partial charge in [-0.05, 0) is 88.1 Å². The number of carbonyl (C=O) groups is 3. The molecule has 1 aromatic carbocycles. The molecule has 8 heteroatoms. The molecular formula is C30H40N2O6. The minimum Gasteiger partial charge on any atom is -0.481 e. The number of carbonyl (C=O) groups excluding carboxylic acids is 1. The molecule has 1 saturated heterocycles. The normalized spacial score (nSPS) is 18.4. The maximum atomic E-state index is 13.4. The molecule has 1 aliphatic heterocycles. The lowest BCUT2D eigenvalue weighted by Crippen LogP contribution is -2.48. The van der Waals surface area contributed by atoms with E-state index >= 15 is 0 Å². The summed E-state index contributed by atoms with van der Waals surface area (Å²) < 4.78 is 5.44. The Balaban J connectivity index is 1.38. The number of carboxylic acids is 2. The summed E-state index contributed by atoms with van der Waals surface area (Å²) in [4.78, 5) is 40.6. The van der Waals surface area contributed by atoms with Crippen LogP contribution in [-0.4, -0.2) is 58.6 Å². The van der Waals surface area contributed by atoms with Crippen molar-refractivity contribution in [1.29, 1.82) is 0 Å². The number of nitrogens with zero attached hydrogens (tertiary/aromatic N) is 2. The Morgan fingerprint density at radius 2 is 1.66 bits per heavy atom. The fraction of sp³-hybridized carbons (Fsp3) is 0.567. The number of furan rings is 1. The summed E-state index contributed by atoms with van der Waals surface area (Å²) in [5, 5.41) is 18.7. The summed E-state index contributed by atoms with van der Waals surface area (Å²) in [6, 6.07) is 11.6. The zero-order chi connectivity index (χ0) is 27.1. The van der Waals surface area contributed by atoms with Gasteiger partial charge in [-0.25, -0.2) is 0 Å². The molecule has 0 unspecified atom stereocenters. The van der Waals surface area contributed by atoms with Gasteiger partial charge in [-0.3, -0.25) is 14.4 Å². The van der Waals surface area contributed by atoms with E-state index in [9.17, 15) is 24.6 Å². The SMILES string of the molecule is Cc1ccc(N(C(=O)c2ccco2)C2CCN(CCC3(CCC(C(=O)O)C(=O)O)CCCCC3)CC2)cc1. The zero-order valence-electron chi connectivity index (χ0n) is 22.3. The van der Waals surface area contributed by atoms with Crippen molar-refractivity contribution in [2.75, 3.05) is 24.5 Å². The van der Waals surface area contributed by atoms with Crippen molar-refractivity contribution in [3.8, 4) is 0 Å². The van der Waals surface area contributed by atoms with E-state index in [-0.39, 0.29) is 23.8 Å². The molecule has 1 amide bonds. The number of hydrogen-bond acceptors (Lipinski definition) is 5. The highest BCUT2D eigenvalue weighted by molar-refractivity contribution is 6.04. The molecule has 8 nitrogen and oxygen atoms in total. The van der Waals surface area contributed by atoms with Gasteiger partial charge in [0.05, 0.1) is 6.26 Å². The Kier molecular flexibility index (Phi) is 9.26. The first-order chi connectivity index (χ1) is 18.3. The van der Waals surface area contributed by atoms with Gasteiger partial charge in [0.1, 0.15) is 0 Å². The molecule has 0 radical (unpaired) electrons. The molecule has 2 N–H and O–H groups in total. The second-order valence-electron chi connectivity index (χ2n) is 11.1. The van der Waals surface area contributed by atoms with Crippen molar-refractivity contribution in [2.24, 2.45) is 11.3 Å². The summed E-state index contributed by atoms with van der Waals surface area (Å²) in [5.41, 5.74) is 2.04. The minimum atomic E-state index is -1.33. The first-order valence-corrected chi connectivity index (χ1v) is 13.9. The van der Waals surface area contributed by atoms with E-state index in [2.05, 4.69) is 4.90 Å². The van der Waals surface area contributed by atoms with Crippen LogP contribution in [0.3, 0.4) is 0 Å². The lowest BCUT2D eigenvalue weighted by Gasteiger charge is -2.42. The van der Waals surface area contributed by atoms with Gasteiger partial charge in [0.25, 0.3) is 5.91 Å². The van der Waals surface area contributed by atoms with Gasteiger partial charge < -0.3 is 24.4 Å². The van der Waals surface area contributed by atoms with Crippen LogP contribution in [0, 0.1) is 18.3 Å². The predicted octanol–water partition coefficient (Wildman–Crippen LogP) is 5.61. The summed E-state index contributed by atoms with van der Waals surface area (Å²) in [7, 11) is 0. The highest BCUT2D eigenvalue weighted by atomic mass is 16.4. The van der Waals surface area contributed by atoms with E-state index in [0.717, 1.165) is 75.8 Å². The molecule has 2 aromatic rings. The molecule has 0 bridgehead atoms. The molecule has 38 heavy (non-hydrogen) atoms. The smallest absolute Gasteiger partial charge is 0.317 e. The van der Waals surface area contributed by atoms with Crippen molar-refractivity contribution in [2.45, 2.75) is 77.2 Å². The maximum Gasteiger partial charge on any atom is 0.317 e. The standard InChI is InChI=1S/C30H40N2O6/c1-22-7-9-23(10-8-22)32(27(33)26-6-5-21-38-26)24-12-18-31(19-13-24)20-17-30(14-3-2-4-15-30)16-11-25(28(34)35)29(36)37/h5-10,21,24-25H,2-4,11-20H2,1H3,(H,34,35)(H,36,37). The van der Waals surface area contributed by atoms with E-state index < -0.39 is 17.9 Å². The van der Waals surface area contributed by atoms with Crippen LogP contribution in [0.4, 0.5) is 5.69 Å². The van der Waals surface area contributed by atoms with Gasteiger partial charge in [-0.2, -0.15) is 0 Å². The van der Waals surface area contributed by atoms with E-state index in [0.29, 0.717) is 12.2 Å². The van der Waals surface area contributed by atoms with Crippen molar-refractivity contribution < 1.29 is 29.0 Å². The number of amides is 1. The van der Waals surface area contributed by atoms with Crippen molar-refractivity contribution in [1.82, 2.24) is 4.90 Å². The van der Waals surface area contributed by atoms with Gasteiger partial charge >= 0.3 is 11.9 Å². The fourth-order valence-electron chi connectivity index (χ4n) is 6.24. The Hall–Kier alpha value is -3.13. The Morgan fingerprint density at radius 1 is 1.00 bits per heavy atom. The van der Waals surface area contributed by atoms with Crippen LogP contribution in [-0.2, 0) is 9.59 Å². The number of likely N-dealkylation sites (tertiary alicyclic amines) is 1.